The zero-order valence-corrected chi connectivity index (χ0v) is 15.2. The zero-order chi connectivity index (χ0) is 18.6. The minimum Gasteiger partial charge on any atom is -0.481 e. The summed E-state index contributed by atoms with van der Waals surface area (Å²) in [5.41, 5.74) is 0.541. The Bertz CT molecular complexity index is 745. The van der Waals surface area contributed by atoms with Gasteiger partial charge in [0.15, 0.2) is 0 Å². The minimum atomic E-state index is -3.83. The second kappa shape index (κ2) is 7.97. The van der Waals surface area contributed by atoms with Gasteiger partial charge < -0.3 is 9.84 Å². The lowest BCUT2D eigenvalue weighted by atomic mass is 9.92. The summed E-state index contributed by atoms with van der Waals surface area (Å²) < 4.78 is 32.0. The fourth-order valence-corrected chi connectivity index (χ4v) is 4.89. The number of benzene rings is 1. The van der Waals surface area contributed by atoms with Crippen LogP contribution in [0.3, 0.4) is 0 Å². The van der Waals surface area contributed by atoms with Crippen LogP contribution in [0.15, 0.2) is 29.2 Å². The third kappa shape index (κ3) is 4.38. The maximum absolute atomic E-state index is 12.9. The number of sulfonamides is 1. The maximum Gasteiger partial charge on any atom is 0.310 e. The second-order valence-electron chi connectivity index (χ2n) is 6.07. The van der Waals surface area contributed by atoms with E-state index in [1.807, 2.05) is 0 Å². The largest absolute Gasteiger partial charge is 0.481 e. The van der Waals surface area contributed by atoms with Crippen molar-refractivity contribution in [1.29, 1.82) is 0 Å². The Kier molecular flexibility index (Phi) is 6.18. The highest BCUT2D eigenvalue weighted by atomic mass is 32.2. The van der Waals surface area contributed by atoms with Crippen LogP contribution in [0.5, 0.6) is 0 Å². The van der Waals surface area contributed by atoms with Crippen molar-refractivity contribution in [3.63, 3.8) is 0 Å². The van der Waals surface area contributed by atoms with Gasteiger partial charge in [-0.15, -0.1) is 0 Å². The zero-order valence-electron chi connectivity index (χ0n) is 14.3. The molecule has 2 atom stereocenters. The molecule has 1 aliphatic rings. The van der Waals surface area contributed by atoms with Gasteiger partial charge in [0.2, 0.25) is 10.0 Å². The van der Waals surface area contributed by atoms with Gasteiger partial charge >= 0.3 is 11.9 Å². The van der Waals surface area contributed by atoms with Gasteiger partial charge in [-0.1, -0.05) is 12.1 Å². The number of hydrogen-bond donors (Lipinski definition) is 1. The van der Waals surface area contributed by atoms with Crippen LogP contribution in [0.1, 0.15) is 32.3 Å². The van der Waals surface area contributed by atoms with Crippen molar-refractivity contribution in [3.05, 3.63) is 29.8 Å². The molecule has 0 unspecified atom stereocenters. The molecule has 1 aromatic rings. The number of rotatable bonds is 6. The van der Waals surface area contributed by atoms with Crippen LogP contribution in [-0.2, 0) is 30.8 Å². The van der Waals surface area contributed by atoms with Gasteiger partial charge in [0.1, 0.15) is 0 Å². The fourth-order valence-electron chi connectivity index (χ4n) is 3.11. The Hall–Kier alpha value is -1.93. The van der Waals surface area contributed by atoms with E-state index in [0.717, 1.165) is 0 Å². The van der Waals surface area contributed by atoms with Crippen LogP contribution in [-0.4, -0.2) is 49.0 Å². The molecule has 1 heterocycles. The van der Waals surface area contributed by atoms with Gasteiger partial charge in [-0.2, -0.15) is 4.31 Å². The molecular weight excluding hydrogens is 346 g/mol. The molecule has 2 rings (SSSR count). The summed E-state index contributed by atoms with van der Waals surface area (Å²) in [7, 11) is -3.83. The lowest BCUT2D eigenvalue weighted by Gasteiger charge is -2.36. The topological polar surface area (TPSA) is 101 Å². The van der Waals surface area contributed by atoms with E-state index in [-0.39, 0.29) is 24.5 Å². The van der Waals surface area contributed by atoms with Crippen LogP contribution in [0, 0.1) is 5.92 Å². The van der Waals surface area contributed by atoms with Crippen LogP contribution < -0.4 is 0 Å². The third-order valence-electron chi connectivity index (χ3n) is 4.41. The van der Waals surface area contributed by atoms with E-state index in [1.54, 1.807) is 26.0 Å². The first-order valence-electron chi connectivity index (χ1n) is 8.26. The van der Waals surface area contributed by atoms with E-state index in [0.29, 0.717) is 18.4 Å². The Morgan fingerprint density at radius 2 is 2.08 bits per heavy atom. The molecule has 1 fully saturated rings. The highest BCUT2D eigenvalue weighted by Crippen LogP contribution is 2.29. The van der Waals surface area contributed by atoms with Crippen molar-refractivity contribution in [2.24, 2.45) is 5.92 Å². The molecule has 1 N–H and O–H groups in total. The summed E-state index contributed by atoms with van der Waals surface area (Å²) in [6.45, 7) is 3.88. The first-order chi connectivity index (χ1) is 11.8. The average Bonchev–Trinajstić information content (AvgIpc) is 2.55. The summed E-state index contributed by atoms with van der Waals surface area (Å²) in [6.07, 6.45) is 0.957. The van der Waals surface area contributed by atoms with Crippen molar-refractivity contribution < 1.29 is 27.9 Å². The molecule has 0 aliphatic carbocycles. The molecule has 138 valence electrons. The van der Waals surface area contributed by atoms with Gasteiger partial charge in [-0.05, 0) is 44.4 Å². The normalized spacial score (nSPS) is 21.7. The average molecular weight is 369 g/mol. The molecule has 1 aliphatic heterocycles. The van der Waals surface area contributed by atoms with Crippen molar-refractivity contribution in [3.8, 4) is 0 Å². The number of ether oxygens (including phenoxy) is 1. The lowest BCUT2D eigenvalue weighted by Crippen LogP contribution is -2.48. The number of carbonyl (C=O) groups excluding carboxylic acids is 1. The van der Waals surface area contributed by atoms with E-state index >= 15 is 0 Å². The van der Waals surface area contributed by atoms with Crippen molar-refractivity contribution in [2.75, 3.05) is 13.2 Å². The molecule has 1 saturated heterocycles. The molecule has 1 aromatic carbocycles. The lowest BCUT2D eigenvalue weighted by molar-refractivity contribution is -0.144. The van der Waals surface area contributed by atoms with Gasteiger partial charge in [-0.3, -0.25) is 9.59 Å². The fraction of sp³-hybridized carbons (Fsp3) is 0.529. The standard InChI is InChI=1S/C17H23NO6S/c1-3-24-16(19)11-13-6-4-7-14(10-13)25(22,23)18-9-5-8-15(12(18)2)17(20)21/h4,6-7,10,12,15H,3,5,8-9,11H2,1-2H3,(H,20,21)/t12-,15-/m0/s1. The third-order valence-corrected chi connectivity index (χ3v) is 6.39. The number of hydrogen-bond acceptors (Lipinski definition) is 5. The number of carbonyl (C=O) groups is 2. The smallest absolute Gasteiger partial charge is 0.310 e. The van der Waals surface area contributed by atoms with E-state index in [9.17, 15) is 23.1 Å². The SMILES string of the molecule is CCOC(=O)Cc1cccc(S(=O)(=O)N2CCC[C@H](C(=O)O)[C@@H]2C)c1. The molecule has 0 spiro atoms. The Balaban J connectivity index is 2.27. The Labute approximate surface area is 147 Å². The molecule has 0 radical (unpaired) electrons. The van der Waals surface area contributed by atoms with Crippen LogP contribution in [0.4, 0.5) is 0 Å². The van der Waals surface area contributed by atoms with Crippen LogP contribution >= 0.6 is 0 Å². The van der Waals surface area contributed by atoms with E-state index in [2.05, 4.69) is 0 Å². The molecule has 0 bridgehead atoms. The first-order valence-corrected chi connectivity index (χ1v) is 9.70. The summed E-state index contributed by atoms with van der Waals surface area (Å²) >= 11 is 0. The first kappa shape index (κ1) is 19.4. The van der Waals surface area contributed by atoms with Gasteiger partial charge in [0, 0.05) is 12.6 Å². The van der Waals surface area contributed by atoms with Crippen molar-refractivity contribution >= 4 is 22.0 Å². The van der Waals surface area contributed by atoms with E-state index in [4.69, 9.17) is 4.74 Å². The quantitative estimate of drug-likeness (QED) is 0.766. The molecular formula is C17H23NO6S. The maximum atomic E-state index is 12.9. The summed E-state index contributed by atoms with van der Waals surface area (Å²) in [5.74, 6) is -2.12. The molecule has 8 heteroatoms. The van der Waals surface area contributed by atoms with E-state index in [1.165, 1.54) is 16.4 Å². The number of nitrogens with zero attached hydrogens (tertiary/aromatic N) is 1. The van der Waals surface area contributed by atoms with Crippen LogP contribution in [0.2, 0.25) is 0 Å². The van der Waals surface area contributed by atoms with Gasteiger partial charge in [0.05, 0.1) is 23.8 Å². The number of carboxylic acids is 1. The summed E-state index contributed by atoms with van der Waals surface area (Å²) in [6, 6.07) is 5.52. The molecule has 0 aromatic heterocycles. The minimum absolute atomic E-state index is 0.00942. The van der Waals surface area contributed by atoms with Crippen molar-refractivity contribution in [1.82, 2.24) is 4.31 Å². The number of piperidine rings is 1. The molecule has 25 heavy (non-hydrogen) atoms. The van der Waals surface area contributed by atoms with Crippen molar-refractivity contribution in [2.45, 2.75) is 44.0 Å². The molecule has 7 nitrogen and oxygen atoms in total. The van der Waals surface area contributed by atoms with Gasteiger partial charge in [-0.25, -0.2) is 8.42 Å². The number of carboxylic acid groups (broad SMARTS) is 1. The predicted octanol–water partition coefficient (Wildman–Crippen LogP) is 1.67. The number of esters is 1. The predicted molar refractivity (Wildman–Crippen MR) is 90.5 cm³/mol. The van der Waals surface area contributed by atoms with Crippen LogP contribution in [0.25, 0.3) is 0 Å². The Morgan fingerprint density at radius 1 is 1.36 bits per heavy atom. The molecule has 0 amide bonds. The van der Waals surface area contributed by atoms with E-state index < -0.39 is 33.9 Å². The van der Waals surface area contributed by atoms with Gasteiger partial charge in [0.25, 0.3) is 0 Å². The Morgan fingerprint density at radius 3 is 2.72 bits per heavy atom. The highest BCUT2D eigenvalue weighted by Gasteiger charge is 2.39. The number of aliphatic carboxylic acids is 1. The summed E-state index contributed by atoms with van der Waals surface area (Å²) in [5, 5.41) is 9.28. The summed E-state index contributed by atoms with van der Waals surface area (Å²) in [4.78, 5) is 23.0. The monoisotopic (exact) mass is 369 g/mol. The molecule has 0 saturated carbocycles. The highest BCUT2D eigenvalue weighted by molar-refractivity contribution is 7.89. The second-order valence-corrected chi connectivity index (χ2v) is 7.96.